The highest BCUT2D eigenvalue weighted by atomic mass is 16.5. The Bertz CT molecular complexity index is 356. The van der Waals surface area contributed by atoms with E-state index in [0.29, 0.717) is 13.2 Å². The third-order valence-electron chi connectivity index (χ3n) is 5.48. The van der Waals surface area contributed by atoms with Crippen LogP contribution >= 0.6 is 0 Å². The Kier molecular flexibility index (Phi) is 30.2. The predicted molar refractivity (Wildman–Crippen MR) is 135 cm³/mol. The zero-order chi connectivity index (χ0) is 24.1. The van der Waals surface area contributed by atoms with Crippen molar-refractivity contribution in [2.75, 3.05) is 13.2 Å². The van der Waals surface area contributed by atoms with Crippen molar-refractivity contribution >= 4 is 12.2 Å². The number of amides is 2. The van der Waals surface area contributed by atoms with Crippen LogP contribution in [0.4, 0.5) is 9.59 Å². The first-order valence-electron chi connectivity index (χ1n) is 13.4. The Morgan fingerprint density at radius 2 is 0.656 bits per heavy atom. The molecule has 0 aromatic carbocycles. The first-order valence-corrected chi connectivity index (χ1v) is 13.4. The highest BCUT2D eigenvalue weighted by molar-refractivity contribution is 5.64. The van der Waals surface area contributed by atoms with E-state index in [1.54, 1.807) is 0 Å². The van der Waals surface area contributed by atoms with Gasteiger partial charge in [0.05, 0.1) is 13.2 Å². The lowest BCUT2D eigenvalue weighted by Crippen LogP contribution is -2.13. The Balaban J connectivity index is 0. The molecule has 0 fully saturated rings. The van der Waals surface area contributed by atoms with Crippen molar-refractivity contribution in [2.45, 2.75) is 142 Å². The van der Waals surface area contributed by atoms with Crippen LogP contribution in [-0.4, -0.2) is 25.4 Å². The number of hydrogen-bond donors (Lipinski definition) is 2. The average Bonchev–Trinajstić information content (AvgIpc) is 2.76. The summed E-state index contributed by atoms with van der Waals surface area (Å²) >= 11 is 0. The summed E-state index contributed by atoms with van der Waals surface area (Å²) in [7, 11) is 0. The maximum absolute atomic E-state index is 10.3. The van der Waals surface area contributed by atoms with Gasteiger partial charge in [-0.25, -0.2) is 9.59 Å². The molecule has 0 aromatic rings. The summed E-state index contributed by atoms with van der Waals surface area (Å²) in [5.41, 5.74) is 9.70. The summed E-state index contributed by atoms with van der Waals surface area (Å²) in [6.07, 6.45) is 24.4. The topological polar surface area (TPSA) is 105 Å². The van der Waals surface area contributed by atoms with Gasteiger partial charge in [0.1, 0.15) is 0 Å². The lowest BCUT2D eigenvalue weighted by molar-refractivity contribution is 0.153. The fourth-order valence-corrected chi connectivity index (χ4v) is 3.52. The largest absolute Gasteiger partial charge is 0.450 e. The molecule has 0 spiro atoms. The molecule has 0 unspecified atom stereocenters. The molecule has 6 heteroatoms. The van der Waals surface area contributed by atoms with Crippen molar-refractivity contribution in [1.82, 2.24) is 0 Å². The van der Waals surface area contributed by atoms with Crippen molar-refractivity contribution < 1.29 is 19.1 Å². The monoisotopic (exact) mass is 458 g/mol. The van der Waals surface area contributed by atoms with Crippen molar-refractivity contribution in [3.8, 4) is 0 Å². The number of unbranched alkanes of at least 4 members (excludes halogenated alkanes) is 18. The van der Waals surface area contributed by atoms with Gasteiger partial charge in [0.15, 0.2) is 0 Å². The van der Waals surface area contributed by atoms with Gasteiger partial charge in [0.2, 0.25) is 0 Å². The van der Waals surface area contributed by atoms with Crippen LogP contribution in [-0.2, 0) is 9.47 Å². The minimum atomic E-state index is -0.657. The summed E-state index contributed by atoms with van der Waals surface area (Å²) in [6, 6.07) is 0. The molecule has 0 aliphatic heterocycles. The fraction of sp³-hybridized carbons (Fsp3) is 0.923. The average molecular weight is 459 g/mol. The number of carbonyl (C=O) groups excluding carboxylic acids is 2. The molecule has 0 heterocycles. The zero-order valence-electron chi connectivity index (χ0n) is 21.3. The van der Waals surface area contributed by atoms with E-state index >= 15 is 0 Å². The molecule has 32 heavy (non-hydrogen) atoms. The SMILES string of the molecule is CCCCCCCCCCCCOC(N)=O.CCCCCCCCCCCCOC(N)=O. The number of primary amides is 2. The first-order chi connectivity index (χ1) is 15.5. The third-order valence-corrected chi connectivity index (χ3v) is 5.48. The van der Waals surface area contributed by atoms with Crippen LogP contribution in [0.2, 0.25) is 0 Å². The molecule has 0 aromatic heterocycles. The van der Waals surface area contributed by atoms with Crippen LogP contribution < -0.4 is 11.5 Å². The van der Waals surface area contributed by atoms with Gasteiger partial charge in [-0.3, -0.25) is 0 Å². The lowest BCUT2D eigenvalue weighted by atomic mass is 10.1. The summed E-state index contributed by atoms with van der Waals surface area (Å²) in [6.45, 7) is 5.44. The summed E-state index contributed by atoms with van der Waals surface area (Å²) in [5, 5.41) is 0. The van der Waals surface area contributed by atoms with Gasteiger partial charge in [-0.1, -0.05) is 129 Å². The second kappa shape index (κ2) is 29.5. The molecule has 6 nitrogen and oxygen atoms in total. The van der Waals surface area contributed by atoms with Crippen LogP contribution in [0.1, 0.15) is 142 Å². The normalized spacial score (nSPS) is 10.3. The molecule has 0 radical (unpaired) electrons. The van der Waals surface area contributed by atoms with Crippen molar-refractivity contribution in [2.24, 2.45) is 11.5 Å². The number of rotatable bonds is 22. The molecule has 0 saturated heterocycles. The van der Waals surface area contributed by atoms with E-state index in [2.05, 4.69) is 23.3 Å². The standard InChI is InChI=1S/2C13H27NO2/c2*1-2-3-4-5-6-7-8-9-10-11-12-16-13(14)15/h2*2-12H2,1H3,(H2,14,15). The fourth-order valence-electron chi connectivity index (χ4n) is 3.52. The summed E-state index contributed by atoms with van der Waals surface area (Å²) in [5.74, 6) is 0. The van der Waals surface area contributed by atoms with Crippen LogP contribution in [0, 0.1) is 0 Å². The van der Waals surface area contributed by atoms with E-state index in [9.17, 15) is 9.59 Å². The predicted octanol–water partition coefficient (Wildman–Crippen LogP) is 8.01. The van der Waals surface area contributed by atoms with Crippen LogP contribution in [0.25, 0.3) is 0 Å². The van der Waals surface area contributed by atoms with Crippen molar-refractivity contribution in [3.63, 3.8) is 0 Å². The van der Waals surface area contributed by atoms with E-state index in [-0.39, 0.29) is 0 Å². The molecule has 0 aliphatic rings. The zero-order valence-corrected chi connectivity index (χ0v) is 21.3. The summed E-state index contributed by atoms with van der Waals surface area (Å²) < 4.78 is 9.31. The smallest absolute Gasteiger partial charge is 0.404 e. The van der Waals surface area contributed by atoms with Crippen LogP contribution in [0.5, 0.6) is 0 Å². The highest BCUT2D eigenvalue weighted by Gasteiger charge is 1.96. The van der Waals surface area contributed by atoms with Crippen LogP contribution in [0.15, 0.2) is 0 Å². The quantitative estimate of drug-likeness (QED) is 0.160. The molecule has 0 aliphatic carbocycles. The number of carbonyl (C=O) groups is 2. The van der Waals surface area contributed by atoms with Gasteiger partial charge in [0, 0.05) is 0 Å². The Morgan fingerprint density at radius 3 is 0.875 bits per heavy atom. The number of ether oxygens (including phenoxy) is 2. The van der Waals surface area contributed by atoms with E-state index < -0.39 is 12.2 Å². The molecule has 0 saturated carbocycles. The maximum Gasteiger partial charge on any atom is 0.404 e. The molecule has 2 amide bonds. The highest BCUT2D eigenvalue weighted by Crippen LogP contribution is 2.11. The molecule has 192 valence electrons. The van der Waals surface area contributed by atoms with Crippen molar-refractivity contribution in [1.29, 1.82) is 0 Å². The molecule has 0 rings (SSSR count). The molecular weight excluding hydrogens is 404 g/mol. The van der Waals surface area contributed by atoms with E-state index in [1.165, 1.54) is 103 Å². The summed E-state index contributed by atoms with van der Waals surface area (Å²) in [4.78, 5) is 20.5. The van der Waals surface area contributed by atoms with E-state index in [4.69, 9.17) is 11.5 Å². The first kappa shape index (κ1) is 32.7. The van der Waals surface area contributed by atoms with Gasteiger partial charge in [0.25, 0.3) is 0 Å². The molecular formula is C26H54N2O4. The Hall–Kier alpha value is -1.46. The number of nitrogens with two attached hydrogens (primary N) is 2. The van der Waals surface area contributed by atoms with E-state index in [0.717, 1.165) is 25.7 Å². The Labute approximate surface area is 198 Å². The second-order valence-corrected chi connectivity index (χ2v) is 8.70. The molecule has 4 N–H and O–H groups in total. The van der Waals surface area contributed by atoms with Gasteiger partial charge < -0.3 is 20.9 Å². The third kappa shape index (κ3) is 35.9. The van der Waals surface area contributed by atoms with E-state index in [1.807, 2.05) is 0 Å². The maximum atomic E-state index is 10.3. The minimum Gasteiger partial charge on any atom is -0.450 e. The lowest BCUT2D eigenvalue weighted by Gasteiger charge is -2.02. The van der Waals surface area contributed by atoms with Gasteiger partial charge >= 0.3 is 12.2 Å². The van der Waals surface area contributed by atoms with Crippen molar-refractivity contribution in [3.05, 3.63) is 0 Å². The van der Waals surface area contributed by atoms with Gasteiger partial charge in [-0.05, 0) is 12.8 Å². The number of hydrogen-bond acceptors (Lipinski definition) is 4. The van der Waals surface area contributed by atoms with Crippen LogP contribution in [0.3, 0.4) is 0 Å². The molecule has 0 atom stereocenters. The minimum absolute atomic E-state index is 0.478. The second-order valence-electron chi connectivity index (χ2n) is 8.70. The van der Waals surface area contributed by atoms with Gasteiger partial charge in [-0.15, -0.1) is 0 Å². The Morgan fingerprint density at radius 1 is 0.438 bits per heavy atom. The molecule has 0 bridgehead atoms. The van der Waals surface area contributed by atoms with Gasteiger partial charge in [-0.2, -0.15) is 0 Å².